The van der Waals surface area contributed by atoms with Gasteiger partial charge in [-0.3, -0.25) is 0 Å². The van der Waals surface area contributed by atoms with Crippen molar-refractivity contribution >= 4 is 5.82 Å². The zero-order valence-corrected chi connectivity index (χ0v) is 13.9. The molecule has 1 fully saturated rings. The molecule has 1 aliphatic heterocycles. The van der Waals surface area contributed by atoms with Gasteiger partial charge in [0.15, 0.2) is 0 Å². The number of anilines is 1. The van der Waals surface area contributed by atoms with Gasteiger partial charge in [-0.2, -0.15) is 4.98 Å². The molecule has 128 valence electrons. The van der Waals surface area contributed by atoms with E-state index in [0.29, 0.717) is 17.3 Å². The molecule has 4 rings (SSSR count). The van der Waals surface area contributed by atoms with Gasteiger partial charge >= 0.3 is 0 Å². The van der Waals surface area contributed by atoms with Crippen molar-refractivity contribution in [2.24, 2.45) is 0 Å². The monoisotopic (exact) mass is 339 g/mol. The van der Waals surface area contributed by atoms with Gasteiger partial charge in [-0.25, -0.2) is 9.37 Å². The number of rotatable bonds is 3. The summed E-state index contributed by atoms with van der Waals surface area (Å²) in [6.07, 6.45) is 1.73. The number of piperazine rings is 1. The molecule has 0 unspecified atom stereocenters. The molecule has 3 aromatic rings. The summed E-state index contributed by atoms with van der Waals surface area (Å²) in [5, 5.41) is 3.93. The highest BCUT2D eigenvalue weighted by Gasteiger charge is 2.16. The average Bonchev–Trinajstić information content (AvgIpc) is 3.13. The van der Waals surface area contributed by atoms with E-state index in [0.717, 1.165) is 37.6 Å². The van der Waals surface area contributed by atoms with Gasteiger partial charge in [-0.1, -0.05) is 17.3 Å². The van der Waals surface area contributed by atoms with Crippen molar-refractivity contribution in [1.29, 1.82) is 0 Å². The molecule has 2 aromatic heterocycles. The lowest BCUT2D eigenvalue weighted by molar-refractivity contribution is 0.312. The lowest BCUT2D eigenvalue weighted by Crippen LogP contribution is -2.44. The zero-order valence-electron chi connectivity index (χ0n) is 13.9. The minimum absolute atomic E-state index is 0.331. The number of likely N-dealkylation sites (N-methyl/N-ethyl adjacent to an activating group) is 1. The van der Waals surface area contributed by atoms with Crippen LogP contribution in [0.5, 0.6) is 0 Å². The highest BCUT2D eigenvalue weighted by Crippen LogP contribution is 2.23. The zero-order chi connectivity index (χ0) is 17.2. The predicted molar refractivity (Wildman–Crippen MR) is 92.6 cm³/mol. The summed E-state index contributed by atoms with van der Waals surface area (Å²) in [4.78, 5) is 13.4. The smallest absolute Gasteiger partial charge is 0.259 e. The molecule has 7 heteroatoms. The van der Waals surface area contributed by atoms with Crippen molar-refractivity contribution in [3.63, 3.8) is 0 Å². The Labute approximate surface area is 144 Å². The molecule has 0 spiro atoms. The van der Waals surface area contributed by atoms with E-state index in [2.05, 4.69) is 32.0 Å². The first-order valence-corrected chi connectivity index (χ1v) is 8.18. The third-order valence-corrected chi connectivity index (χ3v) is 4.33. The molecule has 0 radical (unpaired) electrons. The van der Waals surface area contributed by atoms with Gasteiger partial charge in [0.2, 0.25) is 5.82 Å². The Hall–Kier alpha value is -2.80. The Balaban J connectivity index is 1.53. The van der Waals surface area contributed by atoms with Crippen LogP contribution < -0.4 is 4.90 Å². The minimum Gasteiger partial charge on any atom is -0.354 e. The standard InChI is InChI=1S/C18H18FN5O/c1-23-7-9-24(10-8-23)16-6-5-14(12-20-16)18-21-17(22-25-18)13-3-2-4-15(19)11-13/h2-6,11-12H,7-10H2,1H3. The second-order valence-corrected chi connectivity index (χ2v) is 6.13. The van der Waals surface area contributed by atoms with E-state index < -0.39 is 0 Å². The van der Waals surface area contributed by atoms with Crippen molar-refractivity contribution in [3.8, 4) is 22.8 Å². The van der Waals surface area contributed by atoms with Crippen LogP contribution in [-0.2, 0) is 0 Å². The highest BCUT2D eigenvalue weighted by atomic mass is 19.1. The highest BCUT2D eigenvalue weighted by molar-refractivity contribution is 5.60. The van der Waals surface area contributed by atoms with E-state index in [1.807, 2.05) is 12.1 Å². The van der Waals surface area contributed by atoms with Gasteiger partial charge in [0.05, 0.1) is 5.56 Å². The van der Waals surface area contributed by atoms with Crippen molar-refractivity contribution in [3.05, 3.63) is 48.4 Å². The Bertz CT molecular complexity index is 856. The number of hydrogen-bond acceptors (Lipinski definition) is 6. The second kappa shape index (κ2) is 6.60. The van der Waals surface area contributed by atoms with Crippen LogP contribution in [0.1, 0.15) is 0 Å². The molecular formula is C18H18FN5O. The van der Waals surface area contributed by atoms with Crippen LogP contribution in [0.4, 0.5) is 10.2 Å². The van der Waals surface area contributed by atoms with Gasteiger partial charge < -0.3 is 14.3 Å². The fourth-order valence-corrected chi connectivity index (χ4v) is 2.82. The maximum absolute atomic E-state index is 13.3. The minimum atomic E-state index is -0.331. The summed E-state index contributed by atoms with van der Waals surface area (Å²) in [5.74, 6) is 1.35. The maximum Gasteiger partial charge on any atom is 0.259 e. The first kappa shape index (κ1) is 15.7. The Morgan fingerprint density at radius 3 is 2.60 bits per heavy atom. The lowest BCUT2D eigenvalue weighted by Gasteiger charge is -2.33. The van der Waals surface area contributed by atoms with E-state index >= 15 is 0 Å². The van der Waals surface area contributed by atoms with Crippen LogP contribution in [0.3, 0.4) is 0 Å². The van der Waals surface area contributed by atoms with E-state index in [4.69, 9.17) is 4.52 Å². The Morgan fingerprint density at radius 2 is 1.88 bits per heavy atom. The largest absolute Gasteiger partial charge is 0.354 e. The Morgan fingerprint density at radius 1 is 1.04 bits per heavy atom. The van der Waals surface area contributed by atoms with Crippen LogP contribution >= 0.6 is 0 Å². The Kier molecular flexibility index (Phi) is 4.15. The van der Waals surface area contributed by atoms with Gasteiger partial charge in [0.25, 0.3) is 5.89 Å². The maximum atomic E-state index is 13.3. The molecule has 25 heavy (non-hydrogen) atoms. The fourth-order valence-electron chi connectivity index (χ4n) is 2.82. The van der Waals surface area contributed by atoms with Crippen LogP contribution in [0, 0.1) is 5.82 Å². The number of hydrogen-bond donors (Lipinski definition) is 0. The van der Waals surface area contributed by atoms with E-state index in [-0.39, 0.29) is 5.82 Å². The molecule has 0 N–H and O–H groups in total. The molecule has 0 bridgehead atoms. The van der Waals surface area contributed by atoms with Gasteiger partial charge in [-0.05, 0) is 31.3 Å². The SMILES string of the molecule is CN1CCN(c2ccc(-c3nc(-c4cccc(F)c4)no3)cn2)CC1. The normalized spacial score (nSPS) is 15.5. The number of aromatic nitrogens is 3. The quantitative estimate of drug-likeness (QED) is 0.731. The lowest BCUT2D eigenvalue weighted by atomic mass is 10.2. The van der Waals surface area contributed by atoms with Crippen molar-refractivity contribution < 1.29 is 8.91 Å². The molecule has 0 atom stereocenters. The van der Waals surface area contributed by atoms with Crippen molar-refractivity contribution in [2.45, 2.75) is 0 Å². The molecule has 3 heterocycles. The van der Waals surface area contributed by atoms with E-state index in [1.165, 1.54) is 12.1 Å². The van der Waals surface area contributed by atoms with Crippen LogP contribution in [0.15, 0.2) is 47.1 Å². The predicted octanol–water partition coefficient (Wildman–Crippen LogP) is 2.69. The summed E-state index contributed by atoms with van der Waals surface area (Å²) >= 11 is 0. The molecule has 1 aromatic carbocycles. The van der Waals surface area contributed by atoms with Crippen molar-refractivity contribution in [2.75, 3.05) is 38.1 Å². The third kappa shape index (κ3) is 3.36. The topological polar surface area (TPSA) is 58.3 Å². The number of nitrogens with zero attached hydrogens (tertiary/aromatic N) is 5. The van der Waals surface area contributed by atoms with E-state index in [1.54, 1.807) is 18.3 Å². The van der Waals surface area contributed by atoms with Crippen molar-refractivity contribution in [1.82, 2.24) is 20.0 Å². The van der Waals surface area contributed by atoms with Crippen LogP contribution in [0.25, 0.3) is 22.8 Å². The number of benzene rings is 1. The van der Waals surface area contributed by atoms with Gasteiger partial charge in [0, 0.05) is 37.9 Å². The summed E-state index contributed by atoms with van der Waals surface area (Å²) in [6.45, 7) is 3.99. The molecule has 0 saturated carbocycles. The first-order valence-electron chi connectivity index (χ1n) is 8.18. The van der Waals surface area contributed by atoms with E-state index in [9.17, 15) is 4.39 Å². The molecule has 0 amide bonds. The molecular weight excluding hydrogens is 321 g/mol. The molecule has 6 nitrogen and oxygen atoms in total. The molecule has 1 saturated heterocycles. The van der Waals surface area contributed by atoms with Crippen LogP contribution in [0.2, 0.25) is 0 Å². The summed E-state index contributed by atoms with van der Waals surface area (Å²) in [7, 11) is 2.12. The van der Waals surface area contributed by atoms with Crippen LogP contribution in [-0.4, -0.2) is 53.3 Å². The number of pyridine rings is 1. The summed E-state index contributed by atoms with van der Waals surface area (Å²) in [6, 6.07) is 10.0. The molecule has 1 aliphatic rings. The van der Waals surface area contributed by atoms with Gasteiger partial charge in [0.1, 0.15) is 11.6 Å². The average molecular weight is 339 g/mol. The first-order chi connectivity index (χ1) is 12.2. The second-order valence-electron chi connectivity index (χ2n) is 6.13. The summed E-state index contributed by atoms with van der Waals surface area (Å²) < 4.78 is 18.6. The molecule has 0 aliphatic carbocycles. The summed E-state index contributed by atoms with van der Waals surface area (Å²) in [5.41, 5.74) is 1.32. The number of halogens is 1. The fraction of sp³-hybridized carbons (Fsp3) is 0.278. The van der Waals surface area contributed by atoms with Gasteiger partial charge in [-0.15, -0.1) is 0 Å². The third-order valence-electron chi connectivity index (χ3n) is 4.33.